The van der Waals surface area contributed by atoms with Crippen LogP contribution in [0.25, 0.3) is 0 Å². The number of hydrogen-bond acceptors (Lipinski definition) is 8. The van der Waals surface area contributed by atoms with Gasteiger partial charge in [-0.2, -0.15) is 0 Å². The van der Waals surface area contributed by atoms with Crippen molar-refractivity contribution in [2.75, 3.05) is 17.8 Å². The summed E-state index contributed by atoms with van der Waals surface area (Å²) in [7, 11) is 0. The van der Waals surface area contributed by atoms with Gasteiger partial charge in [-0.05, 0) is 47.3 Å². The third kappa shape index (κ3) is 4.27. The van der Waals surface area contributed by atoms with E-state index >= 15 is 0 Å². The number of ether oxygens (including phenoxy) is 1. The van der Waals surface area contributed by atoms with E-state index in [1.165, 1.54) is 11.8 Å². The number of aromatic nitrogens is 2. The van der Waals surface area contributed by atoms with E-state index in [-0.39, 0.29) is 12.7 Å². The monoisotopic (exact) mass is 464 g/mol. The fourth-order valence-electron chi connectivity index (χ4n) is 3.27. The van der Waals surface area contributed by atoms with Crippen LogP contribution in [-0.2, 0) is 6.42 Å². The average Bonchev–Trinajstić information content (AvgIpc) is 3.18. The zero-order valence-corrected chi connectivity index (χ0v) is 17.5. The van der Waals surface area contributed by atoms with E-state index in [1.54, 1.807) is 17.3 Å². The maximum Gasteiger partial charge on any atom is 0.173 e. The van der Waals surface area contributed by atoms with Crippen LogP contribution >= 0.6 is 27.7 Å². The van der Waals surface area contributed by atoms with E-state index < -0.39 is 6.23 Å². The average molecular weight is 465 g/mol. The highest BCUT2D eigenvalue weighted by Gasteiger charge is 2.25. The molecule has 0 saturated heterocycles. The van der Waals surface area contributed by atoms with Gasteiger partial charge in [-0.1, -0.05) is 17.8 Å². The molecular formula is C19H21BrN4O3S. The SMILES string of the molecule is OC[C@H](O)N1C=C(Nc2ncc(Br)cc2OC2CCCc3ncccc32)SC1. The number of halogens is 1. The van der Waals surface area contributed by atoms with Gasteiger partial charge in [0.2, 0.25) is 0 Å². The van der Waals surface area contributed by atoms with Gasteiger partial charge in [0.1, 0.15) is 6.10 Å². The van der Waals surface area contributed by atoms with Gasteiger partial charge in [-0.15, -0.1) is 0 Å². The van der Waals surface area contributed by atoms with E-state index in [0.717, 1.165) is 40.0 Å². The summed E-state index contributed by atoms with van der Waals surface area (Å²) in [5, 5.41) is 23.0. The molecule has 1 aliphatic heterocycles. The molecule has 0 bridgehead atoms. The molecule has 7 nitrogen and oxygen atoms in total. The molecule has 2 aromatic rings. The fraction of sp³-hybridized carbons (Fsp3) is 0.368. The Morgan fingerprint density at radius 2 is 2.32 bits per heavy atom. The second kappa shape index (κ2) is 8.69. The van der Waals surface area contributed by atoms with E-state index in [2.05, 4.69) is 37.3 Å². The number of pyridine rings is 2. The topological polar surface area (TPSA) is 90.7 Å². The van der Waals surface area contributed by atoms with Crippen molar-refractivity contribution in [3.63, 3.8) is 0 Å². The molecule has 9 heteroatoms. The molecule has 3 N–H and O–H groups in total. The first-order chi connectivity index (χ1) is 13.6. The lowest BCUT2D eigenvalue weighted by molar-refractivity contribution is 0.00275. The van der Waals surface area contributed by atoms with Crippen molar-refractivity contribution in [2.45, 2.75) is 31.6 Å². The normalized spacial score (nSPS) is 19.8. The number of fused-ring (bicyclic) bond motifs is 1. The van der Waals surface area contributed by atoms with Crippen molar-refractivity contribution >= 4 is 33.5 Å². The van der Waals surface area contributed by atoms with Crippen molar-refractivity contribution in [3.8, 4) is 5.75 Å². The van der Waals surface area contributed by atoms with Crippen molar-refractivity contribution in [3.05, 3.63) is 57.6 Å². The molecule has 2 aromatic heterocycles. The summed E-state index contributed by atoms with van der Waals surface area (Å²) < 4.78 is 7.20. The molecule has 2 atom stereocenters. The minimum atomic E-state index is -0.911. The first-order valence-electron chi connectivity index (χ1n) is 9.06. The first-order valence-corrected chi connectivity index (χ1v) is 10.8. The van der Waals surface area contributed by atoms with E-state index in [0.29, 0.717) is 17.4 Å². The Bertz CT molecular complexity index is 882. The summed E-state index contributed by atoms with van der Waals surface area (Å²) in [6.45, 7) is -0.315. The standard InChI is InChI=1S/C19H21BrN4O3S/c20-12-7-16(27-15-5-1-4-14-13(15)3-2-6-21-14)19(22-8-12)23-17-9-24(11-28-17)18(26)10-25/h2-3,6-9,15,18,25-26H,1,4-5,10-11H2,(H,22,23)/t15?,18-/m0/s1. The van der Waals surface area contributed by atoms with Crippen LogP contribution in [0.15, 0.2) is 46.3 Å². The molecular weight excluding hydrogens is 444 g/mol. The third-order valence-electron chi connectivity index (χ3n) is 4.68. The predicted molar refractivity (Wildman–Crippen MR) is 112 cm³/mol. The Hall–Kier alpha value is -1.81. The van der Waals surface area contributed by atoms with Gasteiger partial charge in [-0.3, -0.25) is 4.98 Å². The maximum absolute atomic E-state index is 9.78. The van der Waals surface area contributed by atoms with E-state index in [1.807, 2.05) is 18.3 Å². The Morgan fingerprint density at radius 1 is 1.43 bits per heavy atom. The molecule has 0 aromatic carbocycles. The minimum absolute atomic E-state index is 0.0629. The quantitative estimate of drug-likeness (QED) is 0.599. The van der Waals surface area contributed by atoms with Crippen LogP contribution in [0.2, 0.25) is 0 Å². The van der Waals surface area contributed by atoms with Gasteiger partial charge in [-0.25, -0.2) is 4.98 Å². The van der Waals surface area contributed by atoms with Crippen LogP contribution in [0.1, 0.15) is 30.2 Å². The summed E-state index contributed by atoms with van der Waals surface area (Å²) in [5.74, 6) is 1.82. The van der Waals surface area contributed by atoms with Gasteiger partial charge in [0, 0.05) is 34.3 Å². The zero-order chi connectivity index (χ0) is 19.5. The second-order valence-corrected chi connectivity index (χ2v) is 8.51. The fourth-order valence-corrected chi connectivity index (χ4v) is 4.50. The van der Waals surface area contributed by atoms with Crippen LogP contribution in [0.3, 0.4) is 0 Å². The molecule has 0 fully saturated rings. The molecule has 0 radical (unpaired) electrons. The Morgan fingerprint density at radius 3 is 3.18 bits per heavy atom. The smallest absolute Gasteiger partial charge is 0.173 e. The first kappa shape index (κ1) is 19.5. The Balaban J connectivity index is 1.55. The predicted octanol–water partition coefficient (Wildman–Crippen LogP) is 3.22. The number of nitrogens with zero attached hydrogens (tertiary/aromatic N) is 3. The largest absolute Gasteiger partial charge is 0.482 e. The molecule has 28 heavy (non-hydrogen) atoms. The molecule has 148 valence electrons. The van der Waals surface area contributed by atoms with Gasteiger partial charge in [0.25, 0.3) is 0 Å². The molecule has 3 heterocycles. The summed E-state index contributed by atoms with van der Waals surface area (Å²) >= 11 is 5.00. The molecule has 4 rings (SSSR count). The summed E-state index contributed by atoms with van der Waals surface area (Å²) in [6.07, 6.45) is 7.28. The molecule has 1 unspecified atom stereocenters. The number of nitrogens with one attached hydrogen (secondary N) is 1. The Labute approximate surface area is 176 Å². The molecule has 0 amide bonds. The van der Waals surface area contributed by atoms with Crippen LogP contribution < -0.4 is 10.1 Å². The minimum Gasteiger partial charge on any atom is -0.482 e. The molecule has 0 saturated carbocycles. The van der Waals surface area contributed by atoms with Crippen molar-refractivity contribution < 1.29 is 14.9 Å². The number of anilines is 1. The van der Waals surface area contributed by atoms with Crippen molar-refractivity contribution in [2.24, 2.45) is 0 Å². The number of hydrogen-bond donors (Lipinski definition) is 3. The third-order valence-corrected chi connectivity index (χ3v) is 6.06. The van der Waals surface area contributed by atoms with Crippen molar-refractivity contribution in [1.82, 2.24) is 14.9 Å². The summed E-state index contributed by atoms with van der Waals surface area (Å²) in [5.41, 5.74) is 2.23. The van der Waals surface area contributed by atoms with Gasteiger partial charge in [0.05, 0.1) is 17.5 Å². The van der Waals surface area contributed by atoms with E-state index in [4.69, 9.17) is 9.84 Å². The number of rotatable bonds is 6. The molecule has 2 aliphatic rings. The van der Waals surface area contributed by atoms with Gasteiger partial charge >= 0.3 is 0 Å². The number of aliphatic hydroxyl groups excluding tert-OH is 2. The van der Waals surface area contributed by atoms with Crippen LogP contribution in [-0.4, -0.2) is 43.8 Å². The molecule has 0 spiro atoms. The summed E-state index contributed by atoms with van der Waals surface area (Å²) in [4.78, 5) is 10.6. The lowest BCUT2D eigenvalue weighted by atomic mass is 9.93. The van der Waals surface area contributed by atoms with Crippen molar-refractivity contribution in [1.29, 1.82) is 0 Å². The lowest BCUT2D eigenvalue weighted by Gasteiger charge is -2.26. The van der Waals surface area contributed by atoms with Gasteiger partial charge in [0.15, 0.2) is 17.8 Å². The number of aliphatic hydroxyl groups is 2. The highest BCUT2D eigenvalue weighted by Crippen LogP contribution is 2.37. The molecule has 1 aliphatic carbocycles. The van der Waals surface area contributed by atoms with Crippen LogP contribution in [0, 0.1) is 0 Å². The van der Waals surface area contributed by atoms with Gasteiger partial charge < -0.3 is 25.2 Å². The lowest BCUT2D eigenvalue weighted by Crippen LogP contribution is -2.31. The second-order valence-electron chi connectivity index (χ2n) is 6.61. The number of thioether (sulfide) groups is 1. The highest BCUT2D eigenvalue weighted by atomic mass is 79.9. The van der Waals surface area contributed by atoms with Crippen LogP contribution in [0.5, 0.6) is 5.75 Å². The maximum atomic E-state index is 9.78. The van der Waals surface area contributed by atoms with Crippen LogP contribution in [0.4, 0.5) is 5.82 Å². The highest BCUT2D eigenvalue weighted by molar-refractivity contribution is 9.10. The number of aryl methyl sites for hydroxylation is 1. The van der Waals surface area contributed by atoms with E-state index in [9.17, 15) is 5.11 Å². The zero-order valence-electron chi connectivity index (χ0n) is 15.1. The summed E-state index contributed by atoms with van der Waals surface area (Å²) in [6, 6.07) is 5.93. The Kier molecular flexibility index (Phi) is 6.05.